The van der Waals surface area contributed by atoms with Gasteiger partial charge in [-0.1, -0.05) is 0 Å². The zero-order valence-electron chi connectivity index (χ0n) is 16.2. The minimum atomic E-state index is 0.254. The molecule has 1 atom stereocenters. The van der Waals surface area contributed by atoms with Crippen molar-refractivity contribution in [2.24, 2.45) is 0 Å². The van der Waals surface area contributed by atoms with E-state index in [4.69, 9.17) is 20.4 Å². The standard InChI is InChI=1S/C19H27N7O/c1-12(2)25-5-4-15-16(10-25)23-17(14-8-21-19(20)22-9-14)24-18(15)26-6-7-27-11-13(26)3/h8-9,12-13H,4-7,10-11H2,1-3H3,(H2,20,21,22)/t13-/m0/s1. The summed E-state index contributed by atoms with van der Waals surface area (Å²) in [5, 5.41) is 0. The fraction of sp³-hybridized carbons (Fsp3) is 0.579. The molecule has 2 aliphatic heterocycles. The molecule has 4 rings (SSSR count). The van der Waals surface area contributed by atoms with E-state index in [2.05, 4.69) is 40.5 Å². The number of anilines is 2. The molecule has 8 heteroatoms. The molecule has 0 bridgehead atoms. The minimum Gasteiger partial charge on any atom is -0.377 e. The normalized spacial score (nSPS) is 20.7. The summed E-state index contributed by atoms with van der Waals surface area (Å²) in [5.41, 5.74) is 8.79. The van der Waals surface area contributed by atoms with Gasteiger partial charge in [-0.15, -0.1) is 0 Å². The summed E-state index contributed by atoms with van der Waals surface area (Å²) in [6.07, 6.45) is 4.35. The largest absolute Gasteiger partial charge is 0.377 e. The maximum Gasteiger partial charge on any atom is 0.219 e. The van der Waals surface area contributed by atoms with Gasteiger partial charge in [-0.05, 0) is 27.2 Å². The first-order valence-corrected chi connectivity index (χ1v) is 9.59. The topological polar surface area (TPSA) is 93.3 Å². The molecule has 0 amide bonds. The number of morpholine rings is 1. The second-order valence-electron chi connectivity index (χ2n) is 7.56. The number of nitrogens with zero attached hydrogens (tertiary/aromatic N) is 6. The van der Waals surface area contributed by atoms with Crippen LogP contribution in [0.3, 0.4) is 0 Å². The van der Waals surface area contributed by atoms with Crippen LogP contribution in [-0.2, 0) is 17.7 Å². The van der Waals surface area contributed by atoms with Crippen LogP contribution in [0.25, 0.3) is 11.4 Å². The summed E-state index contributed by atoms with van der Waals surface area (Å²) in [6, 6.07) is 0.776. The van der Waals surface area contributed by atoms with Gasteiger partial charge in [-0.2, -0.15) is 0 Å². The molecule has 0 spiro atoms. The van der Waals surface area contributed by atoms with Crippen LogP contribution in [0.15, 0.2) is 12.4 Å². The summed E-state index contributed by atoms with van der Waals surface area (Å²) in [6.45, 7) is 10.8. The van der Waals surface area contributed by atoms with Crippen molar-refractivity contribution in [3.63, 3.8) is 0 Å². The average molecular weight is 369 g/mol. The highest BCUT2D eigenvalue weighted by Gasteiger charge is 2.29. The highest BCUT2D eigenvalue weighted by Crippen LogP contribution is 2.31. The van der Waals surface area contributed by atoms with Gasteiger partial charge < -0.3 is 15.4 Å². The summed E-state index contributed by atoms with van der Waals surface area (Å²) >= 11 is 0. The van der Waals surface area contributed by atoms with Crippen LogP contribution in [0, 0.1) is 0 Å². The predicted octanol–water partition coefficient (Wildman–Crippen LogP) is 1.51. The van der Waals surface area contributed by atoms with Crippen molar-refractivity contribution in [2.75, 3.05) is 36.9 Å². The number of ether oxygens (including phenoxy) is 1. The average Bonchev–Trinajstić information content (AvgIpc) is 2.67. The van der Waals surface area contributed by atoms with Gasteiger partial charge in [0, 0.05) is 43.6 Å². The Hall–Kier alpha value is -2.32. The first-order valence-electron chi connectivity index (χ1n) is 9.59. The third-order valence-electron chi connectivity index (χ3n) is 5.37. The molecule has 2 aromatic heterocycles. The first kappa shape index (κ1) is 18.1. The van der Waals surface area contributed by atoms with Gasteiger partial charge in [0.1, 0.15) is 5.82 Å². The van der Waals surface area contributed by atoms with Crippen LogP contribution < -0.4 is 10.6 Å². The van der Waals surface area contributed by atoms with E-state index < -0.39 is 0 Å². The Morgan fingerprint density at radius 3 is 2.67 bits per heavy atom. The van der Waals surface area contributed by atoms with Gasteiger partial charge in [0.05, 0.1) is 30.5 Å². The Kier molecular flexibility index (Phi) is 4.92. The lowest BCUT2D eigenvalue weighted by molar-refractivity contribution is 0.0983. The van der Waals surface area contributed by atoms with Crippen molar-refractivity contribution in [1.82, 2.24) is 24.8 Å². The lowest BCUT2D eigenvalue weighted by atomic mass is 10.0. The van der Waals surface area contributed by atoms with Gasteiger partial charge in [0.25, 0.3) is 0 Å². The summed E-state index contributed by atoms with van der Waals surface area (Å²) in [5.74, 6) is 1.95. The monoisotopic (exact) mass is 369 g/mol. The van der Waals surface area contributed by atoms with E-state index in [0.717, 1.165) is 56.3 Å². The SMILES string of the molecule is CC(C)N1CCc2c(nc(-c3cnc(N)nc3)nc2N2CCOC[C@@H]2C)C1. The van der Waals surface area contributed by atoms with Gasteiger partial charge >= 0.3 is 0 Å². The molecule has 8 nitrogen and oxygen atoms in total. The zero-order valence-corrected chi connectivity index (χ0v) is 16.2. The lowest BCUT2D eigenvalue weighted by Crippen LogP contribution is -2.45. The Balaban J connectivity index is 1.80. The molecule has 1 saturated heterocycles. The fourth-order valence-electron chi connectivity index (χ4n) is 3.73. The number of hydrogen-bond donors (Lipinski definition) is 1. The van der Waals surface area contributed by atoms with Crippen LogP contribution in [0.1, 0.15) is 32.0 Å². The lowest BCUT2D eigenvalue weighted by Gasteiger charge is -2.38. The van der Waals surface area contributed by atoms with E-state index in [0.29, 0.717) is 11.9 Å². The Morgan fingerprint density at radius 2 is 1.96 bits per heavy atom. The molecule has 27 heavy (non-hydrogen) atoms. The summed E-state index contributed by atoms with van der Waals surface area (Å²) in [7, 11) is 0. The Labute approximate surface area is 159 Å². The molecular formula is C19H27N7O. The number of rotatable bonds is 3. The van der Waals surface area contributed by atoms with E-state index in [1.54, 1.807) is 12.4 Å². The van der Waals surface area contributed by atoms with E-state index in [9.17, 15) is 0 Å². The van der Waals surface area contributed by atoms with Gasteiger partial charge in [-0.25, -0.2) is 19.9 Å². The molecule has 144 valence electrons. The molecule has 0 aliphatic carbocycles. The Bertz CT molecular complexity index is 808. The van der Waals surface area contributed by atoms with E-state index in [1.165, 1.54) is 5.56 Å². The quantitative estimate of drug-likeness (QED) is 0.870. The molecule has 4 heterocycles. The van der Waals surface area contributed by atoms with Crippen molar-refractivity contribution in [1.29, 1.82) is 0 Å². The van der Waals surface area contributed by atoms with Gasteiger partial charge in [-0.3, -0.25) is 4.90 Å². The van der Waals surface area contributed by atoms with Crippen LogP contribution in [0.5, 0.6) is 0 Å². The van der Waals surface area contributed by atoms with Crippen molar-refractivity contribution in [3.8, 4) is 11.4 Å². The molecule has 0 radical (unpaired) electrons. The highest BCUT2D eigenvalue weighted by atomic mass is 16.5. The number of aromatic nitrogens is 4. The van der Waals surface area contributed by atoms with E-state index in [1.807, 2.05) is 0 Å². The van der Waals surface area contributed by atoms with Crippen molar-refractivity contribution < 1.29 is 4.74 Å². The van der Waals surface area contributed by atoms with Crippen molar-refractivity contribution >= 4 is 11.8 Å². The summed E-state index contributed by atoms with van der Waals surface area (Å²) in [4.78, 5) is 22.9. The number of nitrogen functional groups attached to an aromatic ring is 1. The smallest absolute Gasteiger partial charge is 0.219 e. The molecule has 2 aliphatic rings. The molecule has 2 N–H and O–H groups in total. The highest BCUT2D eigenvalue weighted by molar-refractivity contribution is 5.60. The van der Waals surface area contributed by atoms with Gasteiger partial charge in [0.2, 0.25) is 5.95 Å². The third kappa shape index (κ3) is 3.59. The molecule has 2 aromatic rings. The fourth-order valence-corrected chi connectivity index (χ4v) is 3.73. The molecule has 1 fully saturated rings. The van der Waals surface area contributed by atoms with E-state index in [-0.39, 0.29) is 12.0 Å². The van der Waals surface area contributed by atoms with Crippen LogP contribution in [0.4, 0.5) is 11.8 Å². The Morgan fingerprint density at radius 1 is 1.19 bits per heavy atom. The summed E-state index contributed by atoms with van der Waals surface area (Å²) < 4.78 is 5.63. The predicted molar refractivity (Wildman–Crippen MR) is 104 cm³/mol. The first-order chi connectivity index (χ1) is 13.0. The number of hydrogen-bond acceptors (Lipinski definition) is 8. The number of fused-ring (bicyclic) bond motifs is 1. The maximum atomic E-state index is 5.64. The van der Waals surface area contributed by atoms with E-state index >= 15 is 0 Å². The number of nitrogens with two attached hydrogens (primary N) is 1. The van der Waals surface area contributed by atoms with Crippen molar-refractivity contribution in [2.45, 2.75) is 45.8 Å². The second-order valence-corrected chi connectivity index (χ2v) is 7.56. The van der Waals surface area contributed by atoms with Crippen LogP contribution in [0.2, 0.25) is 0 Å². The van der Waals surface area contributed by atoms with Crippen LogP contribution in [-0.4, -0.2) is 63.2 Å². The maximum absolute atomic E-state index is 5.64. The third-order valence-corrected chi connectivity index (χ3v) is 5.37. The molecule has 0 unspecified atom stereocenters. The zero-order chi connectivity index (χ0) is 19.0. The van der Waals surface area contributed by atoms with Gasteiger partial charge in [0.15, 0.2) is 5.82 Å². The molecular weight excluding hydrogens is 342 g/mol. The minimum absolute atomic E-state index is 0.254. The molecule has 0 aromatic carbocycles. The van der Waals surface area contributed by atoms with Crippen LogP contribution >= 0.6 is 0 Å². The molecule has 0 saturated carbocycles. The second kappa shape index (κ2) is 7.36. The van der Waals surface area contributed by atoms with Crippen molar-refractivity contribution in [3.05, 3.63) is 23.7 Å².